The van der Waals surface area contributed by atoms with Crippen molar-refractivity contribution in [3.8, 4) is 0 Å². The first kappa shape index (κ1) is 18.6. The number of anilines is 1. The van der Waals surface area contributed by atoms with Gasteiger partial charge in [0.25, 0.3) is 5.91 Å². The number of nitrogens with zero attached hydrogens (tertiary/aromatic N) is 3. The van der Waals surface area contributed by atoms with Crippen LogP contribution in [0.5, 0.6) is 0 Å². The maximum absolute atomic E-state index is 12.4. The van der Waals surface area contributed by atoms with Gasteiger partial charge in [-0.2, -0.15) is 0 Å². The van der Waals surface area contributed by atoms with Crippen molar-refractivity contribution in [3.63, 3.8) is 0 Å². The summed E-state index contributed by atoms with van der Waals surface area (Å²) in [5.74, 6) is 0.575. The summed E-state index contributed by atoms with van der Waals surface area (Å²) in [6.45, 7) is 5.69. The monoisotopic (exact) mass is 351 g/mol. The molecule has 7 nitrogen and oxygen atoms in total. The molecule has 0 radical (unpaired) electrons. The minimum Gasteiger partial charge on any atom is -0.391 e. The molecule has 8 heteroatoms. The predicted molar refractivity (Wildman–Crippen MR) is 97.8 cm³/mol. The Balaban J connectivity index is 2.21. The molecule has 2 heterocycles. The summed E-state index contributed by atoms with van der Waals surface area (Å²) in [5, 5.41) is 16.6. The third-order valence-electron chi connectivity index (χ3n) is 3.75. The Bertz CT molecular complexity index is 701. The van der Waals surface area contributed by atoms with E-state index in [2.05, 4.69) is 25.5 Å². The Morgan fingerprint density at radius 2 is 2.17 bits per heavy atom. The second-order valence-electron chi connectivity index (χ2n) is 5.96. The fourth-order valence-corrected chi connectivity index (χ4v) is 3.32. The van der Waals surface area contributed by atoms with E-state index in [0.29, 0.717) is 11.3 Å². The average Bonchev–Trinajstić information content (AvgIpc) is 2.90. The van der Waals surface area contributed by atoms with Gasteiger partial charge in [0.2, 0.25) is 0 Å². The van der Waals surface area contributed by atoms with Gasteiger partial charge in [-0.1, -0.05) is 6.92 Å². The number of hydrogen-bond acceptors (Lipinski definition) is 7. The van der Waals surface area contributed by atoms with Crippen molar-refractivity contribution in [1.82, 2.24) is 20.2 Å². The minimum absolute atomic E-state index is 0.178. The van der Waals surface area contributed by atoms with Crippen LogP contribution in [0.15, 0.2) is 6.33 Å². The molecule has 2 aromatic rings. The summed E-state index contributed by atoms with van der Waals surface area (Å²) in [7, 11) is 4.03. The number of aromatic nitrogens is 2. The number of rotatable bonds is 8. The van der Waals surface area contributed by atoms with Crippen molar-refractivity contribution in [2.24, 2.45) is 0 Å². The van der Waals surface area contributed by atoms with Crippen LogP contribution in [-0.4, -0.2) is 65.7 Å². The van der Waals surface area contributed by atoms with Crippen LogP contribution in [0.4, 0.5) is 5.82 Å². The van der Waals surface area contributed by atoms with Gasteiger partial charge in [-0.15, -0.1) is 11.3 Å². The molecule has 0 aromatic carbocycles. The molecule has 1 amide bonds. The summed E-state index contributed by atoms with van der Waals surface area (Å²) in [4.78, 5) is 24.5. The average molecular weight is 351 g/mol. The van der Waals surface area contributed by atoms with Gasteiger partial charge >= 0.3 is 0 Å². The fourth-order valence-electron chi connectivity index (χ4n) is 2.26. The van der Waals surface area contributed by atoms with Gasteiger partial charge in [0.1, 0.15) is 17.0 Å². The summed E-state index contributed by atoms with van der Waals surface area (Å²) in [6.07, 6.45) is 1.60. The molecule has 0 saturated heterocycles. The van der Waals surface area contributed by atoms with Gasteiger partial charge in [-0.25, -0.2) is 9.97 Å². The highest BCUT2D eigenvalue weighted by Gasteiger charge is 2.19. The second-order valence-corrected chi connectivity index (χ2v) is 6.96. The van der Waals surface area contributed by atoms with E-state index in [0.717, 1.165) is 34.7 Å². The van der Waals surface area contributed by atoms with E-state index in [1.807, 2.05) is 27.9 Å². The van der Waals surface area contributed by atoms with Gasteiger partial charge in [0.05, 0.1) is 16.4 Å². The van der Waals surface area contributed by atoms with Gasteiger partial charge in [0, 0.05) is 19.6 Å². The van der Waals surface area contributed by atoms with Crippen LogP contribution in [0.2, 0.25) is 0 Å². The molecule has 2 rings (SSSR count). The zero-order valence-electron chi connectivity index (χ0n) is 14.6. The molecule has 1 atom stereocenters. The highest BCUT2D eigenvalue weighted by molar-refractivity contribution is 7.20. The van der Waals surface area contributed by atoms with E-state index in [1.54, 1.807) is 0 Å². The molecule has 0 fully saturated rings. The number of carbonyl (C=O) groups is 1. The molecular weight excluding hydrogens is 326 g/mol. The molecule has 24 heavy (non-hydrogen) atoms. The van der Waals surface area contributed by atoms with Gasteiger partial charge in [-0.3, -0.25) is 4.79 Å². The fraction of sp³-hybridized carbons (Fsp3) is 0.562. The van der Waals surface area contributed by atoms with Crippen LogP contribution in [-0.2, 0) is 0 Å². The van der Waals surface area contributed by atoms with Crippen LogP contribution in [0, 0.1) is 6.92 Å². The molecule has 132 valence electrons. The SMILES string of the molecule is CC[C@H](O)CNC(=O)c1sc2ncnc(NCCN(C)C)c2c1C. The zero-order chi connectivity index (χ0) is 17.7. The van der Waals surface area contributed by atoms with E-state index >= 15 is 0 Å². The van der Waals surface area contributed by atoms with E-state index in [4.69, 9.17) is 0 Å². The highest BCUT2D eigenvalue weighted by atomic mass is 32.1. The molecule has 0 aliphatic rings. The molecule has 0 aliphatic heterocycles. The number of nitrogens with one attached hydrogen (secondary N) is 2. The first-order valence-corrected chi connectivity index (χ1v) is 8.84. The summed E-state index contributed by atoms with van der Waals surface area (Å²) < 4.78 is 0. The molecule has 0 aliphatic carbocycles. The third kappa shape index (κ3) is 4.40. The van der Waals surface area contributed by atoms with E-state index in [-0.39, 0.29) is 12.5 Å². The summed E-state index contributed by atoms with van der Waals surface area (Å²) in [6, 6.07) is 0. The number of thiophene rings is 1. The zero-order valence-corrected chi connectivity index (χ0v) is 15.4. The number of carbonyl (C=O) groups excluding carboxylic acids is 1. The second kappa shape index (κ2) is 8.36. The lowest BCUT2D eigenvalue weighted by molar-refractivity contribution is 0.0917. The number of aliphatic hydroxyl groups excluding tert-OH is 1. The lowest BCUT2D eigenvalue weighted by atomic mass is 10.2. The molecule has 0 saturated carbocycles. The van der Waals surface area contributed by atoms with Crippen molar-refractivity contribution >= 4 is 33.3 Å². The largest absolute Gasteiger partial charge is 0.391 e. The number of amides is 1. The van der Waals surface area contributed by atoms with Crippen molar-refractivity contribution in [2.45, 2.75) is 26.4 Å². The Morgan fingerprint density at radius 1 is 1.42 bits per heavy atom. The first-order chi connectivity index (χ1) is 11.4. The van der Waals surface area contributed by atoms with Crippen LogP contribution in [0.25, 0.3) is 10.2 Å². The van der Waals surface area contributed by atoms with Crippen molar-refractivity contribution < 1.29 is 9.90 Å². The van der Waals surface area contributed by atoms with Gasteiger partial charge in [0.15, 0.2) is 0 Å². The molecule has 0 unspecified atom stereocenters. The number of likely N-dealkylation sites (N-methyl/N-ethyl adjacent to an activating group) is 1. The van der Waals surface area contributed by atoms with Crippen LogP contribution in [0.3, 0.4) is 0 Å². The van der Waals surface area contributed by atoms with E-state index in [9.17, 15) is 9.90 Å². The molecule has 0 spiro atoms. The number of aliphatic hydroxyl groups is 1. The maximum Gasteiger partial charge on any atom is 0.261 e. The van der Waals surface area contributed by atoms with E-state index in [1.165, 1.54) is 17.7 Å². The Labute approximate surface area is 146 Å². The summed E-state index contributed by atoms with van der Waals surface area (Å²) >= 11 is 1.35. The number of hydrogen-bond donors (Lipinski definition) is 3. The predicted octanol–water partition coefficient (Wildman–Crippen LogP) is 1.47. The highest BCUT2D eigenvalue weighted by Crippen LogP contribution is 2.33. The van der Waals surface area contributed by atoms with Crippen LogP contribution in [0.1, 0.15) is 28.6 Å². The van der Waals surface area contributed by atoms with Crippen LogP contribution >= 0.6 is 11.3 Å². The standard InChI is InChI=1S/C16H25N5O2S/c1-5-11(22)8-18-15(23)13-10(2)12-14(17-6-7-21(3)4)19-9-20-16(12)24-13/h9,11,22H,5-8H2,1-4H3,(H,18,23)(H,17,19,20)/t11-/m0/s1. The normalized spacial score (nSPS) is 12.6. The number of aryl methyl sites for hydroxylation is 1. The lowest BCUT2D eigenvalue weighted by Crippen LogP contribution is -2.31. The Hall–Kier alpha value is -1.77. The smallest absolute Gasteiger partial charge is 0.261 e. The molecule has 2 aromatic heterocycles. The van der Waals surface area contributed by atoms with Gasteiger partial charge in [-0.05, 0) is 33.0 Å². The summed E-state index contributed by atoms with van der Waals surface area (Å²) in [5.41, 5.74) is 0.867. The molecule has 0 bridgehead atoms. The minimum atomic E-state index is -0.522. The van der Waals surface area contributed by atoms with E-state index < -0.39 is 6.10 Å². The van der Waals surface area contributed by atoms with Crippen molar-refractivity contribution in [1.29, 1.82) is 0 Å². The molecular formula is C16H25N5O2S. The Kier molecular flexibility index (Phi) is 6.47. The maximum atomic E-state index is 12.4. The molecule has 3 N–H and O–H groups in total. The van der Waals surface area contributed by atoms with Gasteiger partial charge < -0.3 is 20.6 Å². The topological polar surface area (TPSA) is 90.4 Å². The Morgan fingerprint density at radius 3 is 2.83 bits per heavy atom. The van der Waals surface area contributed by atoms with Crippen LogP contribution < -0.4 is 10.6 Å². The first-order valence-electron chi connectivity index (χ1n) is 8.03. The lowest BCUT2D eigenvalue weighted by Gasteiger charge is -2.11. The number of fused-ring (bicyclic) bond motifs is 1. The quantitative estimate of drug-likeness (QED) is 0.667. The van der Waals surface area contributed by atoms with Crippen molar-refractivity contribution in [2.75, 3.05) is 39.0 Å². The third-order valence-corrected chi connectivity index (χ3v) is 4.95. The van der Waals surface area contributed by atoms with Crippen molar-refractivity contribution in [3.05, 3.63) is 16.8 Å².